The van der Waals surface area contributed by atoms with E-state index in [1.54, 1.807) is 0 Å². The summed E-state index contributed by atoms with van der Waals surface area (Å²) in [6, 6.07) is 2.20. The molecule has 0 saturated heterocycles. The van der Waals surface area contributed by atoms with Crippen molar-refractivity contribution in [2.45, 2.75) is 69.5 Å². The summed E-state index contributed by atoms with van der Waals surface area (Å²) in [5.74, 6) is 0. The zero-order valence-electron chi connectivity index (χ0n) is 9.41. The maximum atomic E-state index is 5.93. The molecule has 0 amide bonds. The third-order valence-corrected chi connectivity index (χ3v) is 4.22. The summed E-state index contributed by atoms with van der Waals surface area (Å²) in [5.41, 5.74) is 5.93. The Balaban J connectivity index is 1.82. The van der Waals surface area contributed by atoms with Gasteiger partial charge in [0, 0.05) is 18.1 Å². The molecule has 0 spiro atoms. The molecule has 2 saturated carbocycles. The van der Waals surface area contributed by atoms with Gasteiger partial charge in [0.2, 0.25) is 0 Å². The number of rotatable bonds is 2. The molecule has 2 heteroatoms. The summed E-state index contributed by atoms with van der Waals surface area (Å²) < 4.78 is 0. The molecule has 0 aromatic carbocycles. The second-order valence-electron chi connectivity index (χ2n) is 5.17. The van der Waals surface area contributed by atoms with Crippen LogP contribution < -0.4 is 5.73 Å². The van der Waals surface area contributed by atoms with Crippen LogP contribution in [0, 0.1) is 0 Å². The van der Waals surface area contributed by atoms with Crippen molar-refractivity contribution >= 4 is 0 Å². The average Bonchev–Trinajstić information content (AvgIpc) is 2.71. The number of nitrogens with zero attached hydrogens (tertiary/aromatic N) is 1. The van der Waals surface area contributed by atoms with E-state index in [4.69, 9.17) is 5.73 Å². The van der Waals surface area contributed by atoms with Crippen molar-refractivity contribution in [3.63, 3.8) is 0 Å². The Morgan fingerprint density at radius 1 is 0.857 bits per heavy atom. The SMILES string of the molecule is CN(C1CCCC1)C1CCC(N)CC1. The molecule has 0 aliphatic heterocycles. The molecule has 14 heavy (non-hydrogen) atoms. The predicted molar refractivity (Wildman–Crippen MR) is 60.3 cm³/mol. The molecular formula is C12H24N2. The van der Waals surface area contributed by atoms with Crippen LogP contribution in [-0.4, -0.2) is 30.1 Å². The Kier molecular flexibility index (Phi) is 3.45. The molecule has 0 aromatic rings. The van der Waals surface area contributed by atoms with Crippen molar-refractivity contribution in [2.75, 3.05) is 7.05 Å². The zero-order chi connectivity index (χ0) is 9.97. The van der Waals surface area contributed by atoms with Crippen molar-refractivity contribution in [1.29, 1.82) is 0 Å². The van der Waals surface area contributed by atoms with Crippen molar-refractivity contribution in [2.24, 2.45) is 5.73 Å². The maximum absolute atomic E-state index is 5.93. The van der Waals surface area contributed by atoms with Gasteiger partial charge in [-0.15, -0.1) is 0 Å². The average molecular weight is 196 g/mol. The van der Waals surface area contributed by atoms with Crippen molar-refractivity contribution < 1.29 is 0 Å². The normalized spacial score (nSPS) is 35.4. The smallest absolute Gasteiger partial charge is 0.00962 e. The number of hydrogen-bond acceptors (Lipinski definition) is 2. The lowest BCUT2D eigenvalue weighted by Gasteiger charge is -2.37. The van der Waals surface area contributed by atoms with E-state index in [2.05, 4.69) is 11.9 Å². The minimum atomic E-state index is 0.489. The molecule has 82 valence electrons. The molecule has 0 heterocycles. The van der Waals surface area contributed by atoms with Gasteiger partial charge in [0.05, 0.1) is 0 Å². The van der Waals surface area contributed by atoms with Crippen LogP contribution in [0.25, 0.3) is 0 Å². The van der Waals surface area contributed by atoms with E-state index in [1.807, 2.05) is 0 Å². The highest BCUT2D eigenvalue weighted by Crippen LogP contribution is 2.29. The fourth-order valence-corrected chi connectivity index (χ4v) is 3.12. The lowest BCUT2D eigenvalue weighted by atomic mass is 9.90. The van der Waals surface area contributed by atoms with Gasteiger partial charge >= 0.3 is 0 Å². The molecule has 2 nitrogen and oxygen atoms in total. The van der Waals surface area contributed by atoms with E-state index < -0.39 is 0 Å². The second-order valence-corrected chi connectivity index (χ2v) is 5.17. The first-order valence-electron chi connectivity index (χ1n) is 6.25. The highest BCUT2D eigenvalue weighted by atomic mass is 15.2. The van der Waals surface area contributed by atoms with Crippen molar-refractivity contribution in [1.82, 2.24) is 4.90 Å². The minimum Gasteiger partial charge on any atom is -0.328 e. The third kappa shape index (κ3) is 2.29. The van der Waals surface area contributed by atoms with Crippen LogP contribution in [0.2, 0.25) is 0 Å². The summed E-state index contributed by atoms with van der Waals surface area (Å²) in [7, 11) is 2.33. The summed E-state index contributed by atoms with van der Waals surface area (Å²) in [5, 5.41) is 0. The van der Waals surface area contributed by atoms with Crippen LogP contribution in [0.4, 0.5) is 0 Å². The van der Waals surface area contributed by atoms with Crippen molar-refractivity contribution in [3.05, 3.63) is 0 Å². The van der Waals surface area contributed by atoms with Crippen LogP contribution in [0.1, 0.15) is 51.4 Å². The van der Waals surface area contributed by atoms with Crippen molar-refractivity contribution in [3.8, 4) is 0 Å². The van der Waals surface area contributed by atoms with E-state index in [-0.39, 0.29) is 0 Å². The Hall–Kier alpha value is -0.0800. The van der Waals surface area contributed by atoms with E-state index in [0.717, 1.165) is 12.1 Å². The fraction of sp³-hybridized carbons (Fsp3) is 1.00. The molecule has 0 aromatic heterocycles. The summed E-state index contributed by atoms with van der Waals surface area (Å²) in [6.45, 7) is 0. The van der Waals surface area contributed by atoms with Gasteiger partial charge in [0.1, 0.15) is 0 Å². The molecule has 0 unspecified atom stereocenters. The standard InChI is InChI=1S/C12H24N2/c1-14(11-4-2-3-5-11)12-8-6-10(13)7-9-12/h10-12H,2-9,13H2,1H3. The Bertz CT molecular complexity index is 167. The Labute approximate surface area is 87.8 Å². The minimum absolute atomic E-state index is 0.489. The fourth-order valence-electron chi connectivity index (χ4n) is 3.12. The zero-order valence-corrected chi connectivity index (χ0v) is 9.41. The van der Waals surface area contributed by atoms with Crippen LogP contribution >= 0.6 is 0 Å². The largest absolute Gasteiger partial charge is 0.328 e. The Morgan fingerprint density at radius 3 is 1.93 bits per heavy atom. The maximum Gasteiger partial charge on any atom is 0.00962 e. The molecule has 0 radical (unpaired) electrons. The van der Waals surface area contributed by atoms with Gasteiger partial charge in [0.15, 0.2) is 0 Å². The first-order chi connectivity index (χ1) is 6.77. The number of nitrogens with two attached hydrogens (primary N) is 1. The quantitative estimate of drug-likeness (QED) is 0.733. The van der Waals surface area contributed by atoms with E-state index in [1.165, 1.54) is 51.4 Å². The molecule has 0 atom stereocenters. The molecule has 2 fully saturated rings. The summed E-state index contributed by atoms with van der Waals surface area (Å²) in [4.78, 5) is 2.65. The van der Waals surface area contributed by atoms with E-state index >= 15 is 0 Å². The molecule has 0 bridgehead atoms. The van der Waals surface area contributed by atoms with Crippen LogP contribution in [0.3, 0.4) is 0 Å². The summed E-state index contributed by atoms with van der Waals surface area (Å²) >= 11 is 0. The topological polar surface area (TPSA) is 29.3 Å². The first kappa shape index (κ1) is 10.4. The van der Waals surface area contributed by atoms with Gasteiger partial charge in [-0.3, -0.25) is 0 Å². The Morgan fingerprint density at radius 2 is 1.36 bits per heavy atom. The number of hydrogen-bond donors (Lipinski definition) is 1. The van der Waals surface area contributed by atoms with Gasteiger partial charge in [-0.05, 0) is 45.6 Å². The van der Waals surface area contributed by atoms with Crippen LogP contribution in [0.5, 0.6) is 0 Å². The van der Waals surface area contributed by atoms with Gasteiger partial charge in [-0.1, -0.05) is 12.8 Å². The van der Waals surface area contributed by atoms with E-state index in [0.29, 0.717) is 6.04 Å². The molecule has 2 aliphatic rings. The predicted octanol–water partition coefficient (Wildman–Crippen LogP) is 2.13. The molecule has 2 N–H and O–H groups in total. The van der Waals surface area contributed by atoms with Gasteiger partial charge in [0.25, 0.3) is 0 Å². The monoisotopic (exact) mass is 196 g/mol. The highest BCUT2D eigenvalue weighted by molar-refractivity contribution is 4.85. The molecular weight excluding hydrogens is 172 g/mol. The summed E-state index contributed by atoms with van der Waals surface area (Å²) in [6.07, 6.45) is 10.9. The van der Waals surface area contributed by atoms with Crippen LogP contribution in [0.15, 0.2) is 0 Å². The van der Waals surface area contributed by atoms with Gasteiger partial charge in [-0.25, -0.2) is 0 Å². The lowest BCUT2D eigenvalue weighted by Crippen LogP contribution is -2.43. The molecule has 2 aliphatic carbocycles. The molecule has 2 rings (SSSR count). The van der Waals surface area contributed by atoms with Gasteiger partial charge in [-0.2, -0.15) is 0 Å². The van der Waals surface area contributed by atoms with Crippen LogP contribution in [-0.2, 0) is 0 Å². The third-order valence-electron chi connectivity index (χ3n) is 4.22. The van der Waals surface area contributed by atoms with E-state index in [9.17, 15) is 0 Å². The highest BCUT2D eigenvalue weighted by Gasteiger charge is 2.28. The second kappa shape index (κ2) is 4.63. The van der Waals surface area contributed by atoms with Gasteiger partial charge < -0.3 is 10.6 Å². The first-order valence-corrected chi connectivity index (χ1v) is 6.25. The lowest BCUT2D eigenvalue weighted by molar-refractivity contribution is 0.134.